The Hall–Kier alpha value is -1.62. The monoisotopic (exact) mass is 285 g/mol. The largest absolute Gasteiger partial charge is 0.481 e. The van der Waals surface area contributed by atoms with Crippen LogP contribution in [0.25, 0.3) is 0 Å². The van der Waals surface area contributed by atoms with E-state index in [1.807, 2.05) is 0 Å². The van der Waals surface area contributed by atoms with Crippen molar-refractivity contribution in [3.8, 4) is 0 Å². The van der Waals surface area contributed by atoms with Gasteiger partial charge in [-0.25, -0.2) is 4.39 Å². The van der Waals surface area contributed by atoms with Crippen molar-refractivity contribution in [3.63, 3.8) is 0 Å². The predicted molar refractivity (Wildman–Crippen MR) is 67.4 cm³/mol. The van der Waals surface area contributed by atoms with Gasteiger partial charge in [-0.05, 0) is 25.0 Å². The summed E-state index contributed by atoms with van der Waals surface area (Å²) in [5, 5.41) is 11.7. The van der Waals surface area contributed by atoms with E-state index in [0.29, 0.717) is 12.8 Å². The Kier molecular flexibility index (Phi) is 3.75. The highest BCUT2D eigenvalue weighted by Crippen LogP contribution is 2.45. The lowest BCUT2D eigenvalue weighted by molar-refractivity contribution is -0.143. The Morgan fingerprint density at radius 3 is 2.63 bits per heavy atom. The van der Waals surface area contributed by atoms with Crippen LogP contribution >= 0.6 is 11.6 Å². The van der Waals surface area contributed by atoms with Crippen LogP contribution in [0.15, 0.2) is 18.2 Å². The molecule has 0 spiro atoms. The van der Waals surface area contributed by atoms with Gasteiger partial charge in [-0.3, -0.25) is 9.59 Å². The summed E-state index contributed by atoms with van der Waals surface area (Å²) in [7, 11) is 0. The summed E-state index contributed by atoms with van der Waals surface area (Å²) in [6.07, 6.45) is 0.924. The second kappa shape index (κ2) is 5.17. The van der Waals surface area contributed by atoms with Gasteiger partial charge in [-0.1, -0.05) is 17.7 Å². The molecule has 1 saturated carbocycles. The normalized spacial score (nSPS) is 15.9. The molecule has 0 atom stereocenters. The number of hydrogen-bond donors (Lipinski definition) is 2. The Bertz CT molecular complexity index is 508. The molecule has 0 bridgehead atoms. The number of halogens is 2. The molecule has 2 rings (SSSR count). The number of amides is 1. The van der Waals surface area contributed by atoms with Gasteiger partial charge >= 0.3 is 5.97 Å². The number of hydrogen-bond acceptors (Lipinski definition) is 2. The minimum absolute atomic E-state index is 0.0766. The molecule has 0 saturated heterocycles. The molecule has 2 N–H and O–H groups in total. The summed E-state index contributed by atoms with van der Waals surface area (Å²) >= 11 is 5.81. The summed E-state index contributed by atoms with van der Waals surface area (Å²) in [4.78, 5) is 22.6. The Morgan fingerprint density at radius 1 is 1.42 bits per heavy atom. The third kappa shape index (κ3) is 3.04. The Balaban J connectivity index is 1.93. The SMILES string of the molecule is O=C(Cc1c(F)cccc1Cl)NCC1(C(=O)O)CC1. The molecule has 1 aromatic carbocycles. The fourth-order valence-electron chi connectivity index (χ4n) is 1.81. The molecule has 1 amide bonds. The molecule has 1 fully saturated rings. The number of aliphatic carboxylic acids is 1. The third-order valence-corrected chi connectivity index (χ3v) is 3.68. The molecule has 19 heavy (non-hydrogen) atoms. The summed E-state index contributed by atoms with van der Waals surface area (Å²) in [6.45, 7) is 0.0766. The number of benzene rings is 1. The van der Waals surface area contributed by atoms with Gasteiger partial charge in [0.25, 0.3) is 0 Å². The molecule has 0 aromatic heterocycles. The number of carboxylic acids is 1. The predicted octanol–water partition coefficient (Wildman–Crippen LogP) is 2.00. The fraction of sp³-hybridized carbons (Fsp3) is 0.385. The van der Waals surface area contributed by atoms with E-state index < -0.39 is 23.1 Å². The molecule has 1 aromatic rings. The van der Waals surface area contributed by atoms with Crippen LogP contribution < -0.4 is 5.32 Å². The van der Waals surface area contributed by atoms with Crippen LogP contribution in [0.2, 0.25) is 5.02 Å². The standard InChI is InChI=1S/C13H13ClFNO3/c14-9-2-1-3-10(15)8(9)6-11(17)16-7-13(4-5-13)12(18)19/h1-3H,4-7H2,(H,16,17)(H,18,19). The first-order chi connectivity index (χ1) is 8.94. The van der Waals surface area contributed by atoms with E-state index in [2.05, 4.69) is 5.32 Å². The van der Waals surface area contributed by atoms with Gasteiger partial charge in [-0.15, -0.1) is 0 Å². The van der Waals surface area contributed by atoms with Gasteiger partial charge in [0.15, 0.2) is 0 Å². The van der Waals surface area contributed by atoms with Crippen molar-refractivity contribution >= 4 is 23.5 Å². The molecular weight excluding hydrogens is 273 g/mol. The fourth-order valence-corrected chi connectivity index (χ4v) is 2.04. The van der Waals surface area contributed by atoms with E-state index in [9.17, 15) is 14.0 Å². The Morgan fingerprint density at radius 2 is 2.11 bits per heavy atom. The van der Waals surface area contributed by atoms with Gasteiger partial charge in [0.1, 0.15) is 5.82 Å². The lowest BCUT2D eigenvalue weighted by Gasteiger charge is -2.11. The van der Waals surface area contributed by atoms with Crippen LogP contribution in [0.1, 0.15) is 18.4 Å². The summed E-state index contributed by atoms with van der Waals surface area (Å²) in [5.41, 5.74) is -0.698. The van der Waals surface area contributed by atoms with E-state index in [1.54, 1.807) is 0 Å². The number of nitrogens with one attached hydrogen (secondary N) is 1. The third-order valence-electron chi connectivity index (χ3n) is 3.33. The summed E-state index contributed by atoms with van der Waals surface area (Å²) in [5.74, 6) is -1.88. The van der Waals surface area contributed by atoms with E-state index in [0.717, 1.165) is 0 Å². The molecule has 1 aliphatic rings. The smallest absolute Gasteiger partial charge is 0.311 e. The highest BCUT2D eigenvalue weighted by Gasteiger charge is 2.50. The lowest BCUT2D eigenvalue weighted by Crippen LogP contribution is -2.35. The molecule has 0 aliphatic heterocycles. The van der Waals surface area contributed by atoms with E-state index in [4.69, 9.17) is 16.7 Å². The van der Waals surface area contributed by atoms with Crippen LogP contribution in [0.5, 0.6) is 0 Å². The van der Waals surface area contributed by atoms with Crippen molar-refractivity contribution in [1.82, 2.24) is 5.32 Å². The second-order valence-corrected chi connectivity index (χ2v) is 5.15. The quantitative estimate of drug-likeness (QED) is 0.869. The maximum absolute atomic E-state index is 13.5. The van der Waals surface area contributed by atoms with Crippen molar-refractivity contribution in [2.45, 2.75) is 19.3 Å². The highest BCUT2D eigenvalue weighted by atomic mass is 35.5. The number of carbonyl (C=O) groups excluding carboxylic acids is 1. The van der Waals surface area contributed by atoms with Crippen LogP contribution in [0.3, 0.4) is 0 Å². The topological polar surface area (TPSA) is 66.4 Å². The second-order valence-electron chi connectivity index (χ2n) is 4.74. The van der Waals surface area contributed by atoms with Crippen molar-refractivity contribution in [1.29, 1.82) is 0 Å². The molecule has 1 aliphatic carbocycles. The average molecular weight is 286 g/mol. The van der Waals surface area contributed by atoms with E-state index in [-0.39, 0.29) is 23.6 Å². The first-order valence-electron chi connectivity index (χ1n) is 5.88. The minimum Gasteiger partial charge on any atom is -0.481 e. The molecule has 0 heterocycles. The van der Waals surface area contributed by atoms with Crippen molar-refractivity contribution in [3.05, 3.63) is 34.6 Å². The number of carbonyl (C=O) groups is 2. The zero-order valence-corrected chi connectivity index (χ0v) is 10.8. The zero-order valence-electron chi connectivity index (χ0n) is 10.1. The van der Waals surface area contributed by atoms with Gasteiger partial charge < -0.3 is 10.4 Å². The molecule has 6 heteroatoms. The van der Waals surface area contributed by atoms with Crippen LogP contribution in [-0.4, -0.2) is 23.5 Å². The van der Waals surface area contributed by atoms with E-state index >= 15 is 0 Å². The molecule has 0 radical (unpaired) electrons. The summed E-state index contributed by atoms with van der Waals surface area (Å²) in [6, 6.07) is 4.20. The van der Waals surface area contributed by atoms with Crippen LogP contribution in [0, 0.1) is 11.2 Å². The van der Waals surface area contributed by atoms with Gasteiger partial charge in [-0.2, -0.15) is 0 Å². The maximum Gasteiger partial charge on any atom is 0.311 e. The summed E-state index contributed by atoms with van der Waals surface area (Å²) < 4.78 is 13.5. The molecule has 102 valence electrons. The van der Waals surface area contributed by atoms with Crippen LogP contribution in [-0.2, 0) is 16.0 Å². The first kappa shape index (κ1) is 13.8. The van der Waals surface area contributed by atoms with Crippen molar-refractivity contribution < 1.29 is 19.1 Å². The molecule has 4 nitrogen and oxygen atoms in total. The minimum atomic E-state index is -0.906. The van der Waals surface area contributed by atoms with Gasteiger partial charge in [0.05, 0.1) is 11.8 Å². The number of rotatable bonds is 5. The number of carboxylic acid groups (broad SMARTS) is 1. The molecular formula is C13H13ClFNO3. The van der Waals surface area contributed by atoms with Crippen molar-refractivity contribution in [2.24, 2.45) is 5.41 Å². The van der Waals surface area contributed by atoms with Gasteiger partial charge in [0, 0.05) is 17.1 Å². The zero-order chi connectivity index (χ0) is 14.0. The lowest BCUT2D eigenvalue weighted by atomic mass is 10.1. The van der Waals surface area contributed by atoms with Crippen molar-refractivity contribution in [2.75, 3.05) is 6.54 Å². The van der Waals surface area contributed by atoms with Crippen LogP contribution in [0.4, 0.5) is 4.39 Å². The molecule has 0 unspecified atom stereocenters. The van der Waals surface area contributed by atoms with Gasteiger partial charge in [0.2, 0.25) is 5.91 Å². The Labute approximate surface area is 114 Å². The van der Waals surface area contributed by atoms with E-state index in [1.165, 1.54) is 18.2 Å². The first-order valence-corrected chi connectivity index (χ1v) is 6.25. The average Bonchev–Trinajstić information content (AvgIpc) is 3.13. The highest BCUT2D eigenvalue weighted by molar-refractivity contribution is 6.31. The maximum atomic E-state index is 13.5.